The summed E-state index contributed by atoms with van der Waals surface area (Å²) in [6.07, 6.45) is -0.211. The molecule has 5 heteroatoms. The Morgan fingerprint density at radius 3 is 2.69 bits per heavy atom. The second-order valence-corrected chi connectivity index (χ2v) is 3.94. The largest absolute Gasteiger partial charge is 0.481 e. The van der Waals surface area contributed by atoms with Gasteiger partial charge in [-0.3, -0.25) is 9.59 Å². The lowest BCUT2D eigenvalue weighted by Gasteiger charge is -2.05. The summed E-state index contributed by atoms with van der Waals surface area (Å²) < 4.78 is 5.10. The molecule has 16 heavy (non-hydrogen) atoms. The molecule has 0 aliphatic carbocycles. The standard InChI is InChI=1S/C11H15NO4/c1-7(2)6-12-11(15)9-4-3-8(16-9)5-10(13)14/h3-4,7H,5-6H2,1-2H3,(H,12,15)(H,13,14). The van der Waals surface area contributed by atoms with E-state index in [-0.39, 0.29) is 23.8 Å². The van der Waals surface area contributed by atoms with Gasteiger partial charge in [-0.25, -0.2) is 0 Å². The number of hydrogen-bond acceptors (Lipinski definition) is 3. The number of nitrogens with one attached hydrogen (secondary N) is 1. The molecule has 5 nitrogen and oxygen atoms in total. The van der Waals surface area contributed by atoms with Crippen LogP contribution in [0.5, 0.6) is 0 Å². The average Bonchev–Trinajstić information content (AvgIpc) is 2.61. The molecule has 0 fully saturated rings. The highest BCUT2D eigenvalue weighted by Crippen LogP contribution is 2.08. The van der Waals surface area contributed by atoms with Crippen molar-refractivity contribution in [2.45, 2.75) is 20.3 Å². The van der Waals surface area contributed by atoms with Gasteiger partial charge in [0.1, 0.15) is 12.2 Å². The van der Waals surface area contributed by atoms with Gasteiger partial charge in [-0.15, -0.1) is 0 Å². The zero-order valence-corrected chi connectivity index (χ0v) is 9.32. The maximum atomic E-state index is 11.5. The van der Waals surface area contributed by atoms with Crippen molar-refractivity contribution in [2.75, 3.05) is 6.54 Å². The summed E-state index contributed by atoms with van der Waals surface area (Å²) >= 11 is 0. The second-order valence-electron chi connectivity index (χ2n) is 3.94. The fraction of sp³-hybridized carbons (Fsp3) is 0.455. The van der Waals surface area contributed by atoms with Gasteiger partial charge in [0, 0.05) is 6.54 Å². The van der Waals surface area contributed by atoms with E-state index in [4.69, 9.17) is 9.52 Å². The molecule has 0 aliphatic rings. The summed E-state index contributed by atoms with van der Waals surface area (Å²) in [5, 5.41) is 11.2. The summed E-state index contributed by atoms with van der Waals surface area (Å²) in [4.78, 5) is 21.9. The van der Waals surface area contributed by atoms with Crippen molar-refractivity contribution in [1.82, 2.24) is 5.32 Å². The number of aliphatic carboxylic acids is 1. The van der Waals surface area contributed by atoms with Crippen LogP contribution in [0.3, 0.4) is 0 Å². The van der Waals surface area contributed by atoms with Gasteiger partial charge in [0.25, 0.3) is 5.91 Å². The molecule has 0 saturated carbocycles. The van der Waals surface area contributed by atoms with Crippen LogP contribution in [0.25, 0.3) is 0 Å². The Balaban J connectivity index is 2.56. The Morgan fingerprint density at radius 1 is 1.44 bits per heavy atom. The smallest absolute Gasteiger partial charge is 0.311 e. The highest BCUT2D eigenvalue weighted by atomic mass is 16.4. The number of amides is 1. The molecule has 0 spiro atoms. The van der Waals surface area contributed by atoms with Gasteiger partial charge in [0.05, 0.1) is 0 Å². The molecule has 0 radical (unpaired) electrons. The molecule has 1 heterocycles. The zero-order valence-electron chi connectivity index (χ0n) is 9.32. The topological polar surface area (TPSA) is 79.5 Å². The fourth-order valence-electron chi connectivity index (χ4n) is 1.13. The Bertz CT molecular complexity index is 381. The highest BCUT2D eigenvalue weighted by molar-refractivity contribution is 5.91. The van der Waals surface area contributed by atoms with E-state index in [1.165, 1.54) is 12.1 Å². The lowest BCUT2D eigenvalue weighted by Crippen LogP contribution is -2.26. The average molecular weight is 225 g/mol. The third kappa shape index (κ3) is 3.76. The molecule has 1 aromatic heterocycles. The molecular weight excluding hydrogens is 210 g/mol. The number of carboxylic acids is 1. The van der Waals surface area contributed by atoms with Gasteiger partial charge in [0.2, 0.25) is 0 Å². The van der Waals surface area contributed by atoms with E-state index in [9.17, 15) is 9.59 Å². The van der Waals surface area contributed by atoms with E-state index < -0.39 is 5.97 Å². The minimum absolute atomic E-state index is 0.150. The predicted octanol–water partition coefficient (Wildman–Crippen LogP) is 1.29. The van der Waals surface area contributed by atoms with Crippen LogP contribution in [-0.4, -0.2) is 23.5 Å². The molecule has 0 atom stereocenters. The van der Waals surface area contributed by atoms with Crippen molar-refractivity contribution < 1.29 is 19.1 Å². The van der Waals surface area contributed by atoms with Crippen molar-refractivity contribution in [2.24, 2.45) is 5.92 Å². The summed E-state index contributed by atoms with van der Waals surface area (Å²) in [7, 11) is 0. The summed E-state index contributed by atoms with van der Waals surface area (Å²) in [5.41, 5.74) is 0. The minimum atomic E-state index is -0.983. The first-order valence-electron chi connectivity index (χ1n) is 5.07. The molecule has 0 aromatic carbocycles. The first-order chi connectivity index (χ1) is 7.49. The Kier molecular flexibility index (Phi) is 4.10. The molecule has 0 bridgehead atoms. The van der Waals surface area contributed by atoms with E-state index in [0.717, 1.165) is 0 Å². The van der Waals surface area contributed by atoms with E-state index in [0.29, 0.717) is 12.5 Å². The van der Waals surface area contributed by atoms with Crippen molar-refractivity contribution in [3.63, 3.8) is 0 Å². The molecule has 1 aromatic rings. The zero-order chi connectivity index (χ0) is 12.1. The summed E-state index contributed by atoms with van der Waals surface area (Å²) in [6.45, 7) is 4.53. The predicted molar refractivity (Wildman–Crippen MR) is 57.2 cm³/mol. The number of rotatable bonds is 5. The third-order valence-electron chi connectivity index (χ3n) is 1.88. The van der Waals surface area contributed by atoms with Crippen molar-refractivity contribution >= 4 is 11.9 Å². The molecule has 1 rings (SSSR count). The number of hydrogen-bond donors (Lipinski definition) is 2. The van der Waals surface area contributed by atoms with Crippen LogP contribution in [0.15, 0.2) is 16.5 Å². The molecule has 0 saturated heterocycles. The van der Waals surface area contributed by atoms with Crippen LogP contribution in [-0.2, 0) is 11.2 Å². The number of furan rings is 1. The number of carboxylic acid groups (broad SMARTS) is 1. The van der Waals surface area contributed by atoms with Crippen LogP contribution < -0.4 is 5.32 Å². The Labute approximate surface area is 93.4 Å². The third-order valence-corrected chi connectivity index (χ3v) is 1.88. The molecule has 1 amide bonds. The highest BCUT2D eigenvalue weighted by Gasteiger charge is 2.12. The molecular formula is C11H15NO4. The Hall–Kier alpha value is -1.78. The van der Waals surface area contributed by atoms with Crippen LogP contribution in [0.1, 0.15) is 30.2 Å². The Morgan fingerprint density at radius 2 is 2.12 bits per heavy atom. The van der Waals surface area contributed by atoms with Gasteiger partial charge in [0.15, 0.2) is 5.76 Å². The molecule has 88 valence electrons. The van der Waals surface area contributed by atoms with Crippen LogP contribution in [0.2, 0.25) is 0 Å². The molecule has 2 N–H and O–H groups in total. The quantitative estimate of drug-likeness (QED) is 0.791. The van der Waals surface area contributed by atoms with Crippen LogP contribution >= 0.6 is 0 Å². The van der Waals surface area contributed by atoms with Crippen molar-refractivity contribution in [3.8, 4) is 0 Å². The maximum Gasteiger partial charge on any atom is 0.311 e. The molecule has 0 unspecified atom stereocenters. The lowest BCUT2D eigenvalue weighted by molar-refractivity contribution is -0.136. The van der Waals surface area contributed by atoms with E-state index in [2.05, 4.69) is 5.32 Å². The molecule has 0 aliphatic heterocycles. The van der Waals surface area contributed by atoms with Gasteiger partial charge >= 0.3 is 5.97 Å². The monoisotopic (exact) mass is 225 g/mol. The van der Waals surface area contributed by atoms with E-state index in [1.54, 1.807) is 0 Å². The van der Waals surface area contributed by atoms with E-state index in [1.807, 2.05) is 13.8 Å². The van der Waals surface area contributed by atoms with Crippen molar-refractivity contribution in [1.29, 1.82) is 0 Å². The van der Waals surface area contributed by atoms with Crippen LogP contribution in [0.4, 0.5) is 0 Å². The summed E-state index contributed by atoms with van der Waals surface area (Å²) in [6, 6.07) is 2.98. The first kappa shape index (κ1) is 12.3. The van der Waals surface area contributed by atoms with Crippen LogP contribution in [0, 0.1) is 5.92 Å². The minimum Gasteiger partial charge on any atom is -0.481 e. The second kappa shape index (κ2) is 5.34. The number of carbonyl (C=O) groups excluding carboxylic acids is 1. The maximum absolute atomic E-state index is 11.5. The summed E-state index contributed by atoms with van der Waals surface area (Å²) in [5.74, 6) is -0.509. The van der Waals surface area contributed by atoms with Crippen molar-refractivity contribution in [3.05, 3.63) is 23.7 Å². The first-order valence-corrected chi connectivity index (χ1v) is 5.07. The van der Waals surface area contributed by atoms with Gasteiger partial charge in [-0.05, 0) is 18.1 Å². The van der Waals surface area contributed by atoms with E-state index >= 15 is 0 Å². The lowest BCUT2D eigenvalue weighted by atomic mass is 10.2. The van der Waals surface area contributed by atoms with Gasteiger partial charge in [-0.1, -0.05) is 13.8 Å². The normalized spacial score (nSPS) is 10.4. The SMILES string of the molecule is CC(C)CNC(=O)c1ccc(CC(=O)O)o1. The fourth-order valence-corrected chi connectivity index (χ4v) is 1.13. The van der Waals surface area contributed by atoms with Gasteiger partial charge < -0.3 is 14.8 Å². The van der Waals surface area contributed by atoms with Gasteiger partial charge in [-0.2, -0.15) is 0 Å². The number of carbonyl (C=O) groups is 2.